The van der Waals surface area contributed by atoms with Gasteiger partial charge in [-0.2, -0.15) is 0 Å². The van der Waals surface area contributed by atoms with Gasteiger partial charge in [0.2, 0.25) is 0 Å². The van der Waals surface area contributed by atoms with E-state index in [1.807, 2.05) is 49.4 Å². The van der Waals surface area contributed by atoms with Crippen molar-refractivity contribution in [1.82, 2.24) is 4.98 Å². The zero-order chi connectivity index (χ0) is 20.4. The third kappa shape index (κ3) is 4.36. The average molecular weight is 406 g/mol. The van der Waals surface area contributed by atoms with Crippen molar-refractivity contribution in [2.45, 2.75) is 6.92 Å². The van der Waals surface area contributed by atoms with E-state index < -0.39 is 0 Å². The Balaban J connectivity index is 1.58. The Morgan fingerprint density at radius 1 is 0.966 bits per heavy atom. The van der Waals surface area contributed by atoms with E-state index in [9.17, 15) is 9.18 Å². The van der Waals surface area contributed by atoms with Crippen LogP contribution in [0.3, 0.4) is 0 Å². The molecule has 2 N–H and O–H groups in total. The third-order valence-corrected chi connectivity index (χ3v) is 4.71. The van der Waals surface area contributed by atoms with Gasteiger partial charge in [0.1, 0.15) is 11.6 Å². The van der Waals surface area contributed by atoms with Crippen molar-refractivity contribution in [3.63, 3.8) is 0 Å². The highest BCUT2D eigenvalue weighted by Crippen LogP contribution is 2.26. The second-order valence-electron chi connectivity index (χ2n) is 6.65. The molecule has 0 saturated heterocycles. The number of carbonyl (C=O) groups excluding carboxylic acids is 1. The molecule has 0 aliphatic carbocycles. The fourth-order valence-corrected chi connectivity index (χ4v) is 3.24. The molecule has 0 atom stereocenters. The summed E-state index contributed by atoms with van der Waals surface area (Å²) in [5.74, 6) is 0.0331. The van der Waals surface area contributed by atoms with Gasteiger partial charge < -0.3 is 10.6 Å². The number of pyridine rings is 1. The van der Waals surface area contributed by atoms with Crippen molar-refractivity contribution in [1.29, 1.82) is 0 Å². The van der Waals surface area contributed by atoms with E-state index >= 15 is 0 Å². The first-order chi connectivity index (χ1) is 14.0. The van der Waals surface area contributed by atoms with E-state index in [-0.39, 0.29) is 11.7 Å². The SMILES string of the molecule is Cc1cc(Nc2cccc(Cl)c2)nc2ccc(NC(=O)c3ccc(F)cc3)cc12. The van der Waals surface area contributed by atoms with Crippen LogP contribution in [0.15, 0.2) is 72.8 Å². The molecule has 3 aromatic carbocycles. The van der Waals surface area contributed by atoms with Crippen LogP contribution in [0.2, 0.25) is 5.02 Å². The monoisotopic (exact) mass is 405 g/mol. The molecule has 0 radical (unpaired) electrons. The van der Waals surface area contributed by atoms with E-state index in [0.29, 0.717) is 22.1 Å². The van der Waals surface area contributed by atoms with Crippen LogP contribution in [0, 0.1) is 12.7 Å². The number of hydrogen-bond donors (Lipinski definition) is 2. The number of aryl methyl sites for hydroxylation is 1. The summed E-state index contributed by atoms with van der Waals surface area (Å²) in [4.78, 5) is 17.0. The molecule has 0 fully saturated rings. The Kier molecular flexibility index (Phi) is 5.14. The summed E-state index contributed by atoms with van der Waals surface area (Å²) in [5.41, 5.74) is 3.70. The van der Waals surface area contributed by atoms with Gasteiger partial charge in [0.15, 0.2) is 0 Å². The number of rotatable bonds is 4. The average Bonchev–Trinajstić information content (AvgIpc) is 2.69. The van der Waals surface area contributed by atoms with Crippen LogP contribution >= 0.6 is 11.6 Å². The number of anilines is 3. The van der Waals surface area contributed by atoms with Gasteiger partial charge >= 0.3 is 0 Å². The van der Waals surface area contributed by atoms with E-state index in [1.54, 1.807) is 6.07 Å². The molecule has 4 nitrogen and oxygen atoms in total. The van der Waals surface area contributed by atoms with E-state index in [2.05, 4.69) is 15.6 Å². The molecule has 0 bridgehead atoms. The molecule has 29 heavy (non-hydrogen) atoms. The number of fused-ring (bicyclic) bond motifs is 1. The molecule has 4 rings (SSSR count). The standard InChI is InChI=1S/C23H17ClFN3O/c1-14-11-22(26-18-4-2-3-16(24)12-18)28-21-10-9-19(13-20(14)21)27-23(29)15-5-7-17(25)8-6-15/h2-13H,1H3,(H,26,28)(H,27,29). The van der Waals surface area contributed by atoms with E-state index in [4.69, 9.17) is 11.6 Å². The van der Waals surface area contributed by atoms with Gasteiger partial charge in [0.25, 0.3) is 5.91 Å². The number of benzene rings is 3. The predicted molar refractivity (Wildman–Crippen MR) is 116 cm³/mol. The summed E-state index contributed by atoms with van der Waals surface area (Å²) in [7, 11) is 0. The molecule has 4 aromatic rings. The van der Waals surface area contributed by atoms with Crippen molar-refractivity contribution in [3.05, 3.63) is 94.8 Å². The Morgan fingerprint density at radius 3 is 2.52 bits per heavy atom. The fraction of sp³-hybridized carbons (Fsp3) is 0.0435. The van der Waals surface area contributed by atoms with Crippen molar-refractivity contribution in [3.8, 4) is 0 Å². The first-order valence-electron chi connectivity index (χ1n) is 8.99. The van der Waals surface area contributed by atoms with Gasteiger partial charge in [-0.05, 0) is 79.2 Å². The smallest absolute Gasteiger partial charge is 0.255 e. The summed E-state index contributed by atoms with van der Waals surface area (Å²) >= 11 is 6.03. The number of amides is 1. The summed E-state index contributed by atoms with van der Waals surface area (Å²) in [6.45, 7) is 1.98. The van der Waals surface area contributed by atoms with Crippen LogP contribution in [-0.2, 0) is 0 Å². The van der Waals surface area contributed by atoms with Gasteiger partial charge in [-0.15, -0.1) is 0 Å². The molecule has 144 valence electrons. The minimum atomic E-state index is -0.379. The topological polar surface area (TPSA) is 54.0 Å². The van der Waals surface area contributed by atoms with Gasteiger partial charge in [-0.3, -0.25) is 4.79 Å². The van der Waals surface area contributed by atoms with Crippen molar-refractivity contribution < 1.29 is 9.18 Å². The first-order valence-corrected chi connectivity index (χ1v) is 9.37. The Bertz CT molecular complexity index is 1210. The second-order valence-corrected chi connectivity index (χ2v) is 7.09. The van der Waals surface area contributed by atoms with Gasteiger partial charge in [0.05, 0.1) is 5.52 Å². The number of carbonyl (C=O) groups is 1. The van der Waals surface area contributed by atoms with Crippen LogP contribution in [0.1, 0.15) is 15.9 Å². The molecular weight excluding hydrogens is 389 g/mol. The molecule has 0 unspecified atom stereocenters. The van der Waals surface area contributed by atoms with Crippen LogP contribution in [0.4, 0.5) is 21.6 Å². The van der Waals surface area contributed by atoms with E-state index in [1.165, 1.54) is 24.3 Å². The lowest BCUT2D eigenvalue weighted by molar-refractivity contribution is 0.102. The second kappa shape index (κ2) is 7.89. The van der Waals surface area contributed by atoms with Crippen LogP contribution < -0.4 is 10.6 Å². The van der Waals surface area contributed by atoms with Crippen LogP contribution in [-0.4, -0.2) is 10.9 Å². The zero-order valence-electron chi connectivity index (χ0n) is 15.5. The number of nitrogens with zero attached hydrogens (tertiary/aromatic N) is 1. The maximum atomic E-state index is 13.0. The largest absolute Gasteiger partial charge is 0.340 e. The highest BCUT2D eigenvalue weighted by Gasteiger charge is 2.09. The summed E-state index contributed by atoms with van der Waals surface area (Å²) in [6.07, 6.45) is 0. The van der Waals surface area contributed by atoms with Crippen molar-refractivity contribution >= 4 is 45.6 Å². The number of aromatic nitrogens is 1. The lowest BCUT2D eigenvalue weighted by Gasteiger charge is -2.11. The summed E-state index contributed by atoms with van der Waals surface area (Å²) < 4.78 is 13.0. The molecule has 6 heteroatoms. The summed E-state index contributed by atoms with van der Waals surface area (Å²) in [6, 6.07) is 20.3. The van der Waals surface area contributed by atoms with Crippen molar-refractivity contribution in [2.75, 3.05) is 10.6 Å². The van der Waals surface area contributed by atoms with Gasteiger partial charge in [-0.1, -0.05) is 17.7 Å². The molecule has 0 aliphatic heterocycles. The van der Waals surface area contributed by atoms with Gasteiger partial charge in [0, 0.05) is 27.3 Å². The summed E-state index contributed by atoms with van der Waals surface area (Å²) in [5, 5.41) is 7.67. The van der Waals surface area contributed by atoms with Crippen LogP contribution in [0.5, 0.6) is 0 Å². The Morgan fingerprint density at radius 2 is 1.76 bits per heavy atom. The minimum absolute atomic E-state index is 0.297. The maximum Gasteiger partial charge on any atom is 0.255 e. The van der Waals surface area contributed by atoms with E-state index in [0.717, 1.165) is 22.2 Å². The zero-order valence-corrected chi connectivity index (χ0v) is 16.3. The fourth-order valence-electron chi connectivity index (χ4n) is 3.05. The first kappa shape index (κ1) is 18.9. The predicted octanol–water partition coefficient (Wildman–Crippen LogP) is 6.33. The highest BCUT2D eigenvalue weighted by molar-refractivity contribution is 6.30. The number of halogens is 2. The molecule has 1 heterocycles. The highest BCUT2D eigenvalue weighted by atomic mass is 35.5. The third-order valence-electron chi connectivity index (χ3n) is 4.48. The number of hydrogen-bond acceptors (Lipinski definition) is 3. The maximum absolute atomic E-state index is 13.0. The minimum Gasteiger partial charge on any atom is -0.340 e. The molecule has 0 aliphatic rings. The molecule has 0 saturated carbocycles. The normalized spacial score (nSPS) is 10.7. The Labute approximate surface area is 172 Å². The van der Waals surface area contributed by atoms with Crippen LogP contribution in [0.25, 0.3) is 10.9 Å². The quantitative estimate of drug-likeness (QED) is 0.417. The molecule has 1 aromatic heterocycles. The molecule has 0 spiro atoms. The van der Waals surface area contributed by atoms with Gasteiger partial charge in [-0.25, -0.2) is 9.37 Å². The number of nitrogens with one attached hydrogen (secondary N) is 2. The lowest BCUT2D eigenvalue weighted by atomic mass is 10.1. The molecule has 1 amide bonds. The van der Waals surface area contributed by atoms with Crippen molar-refractivity contribution in [2.24, 2.45) is 0 Å². The lowest BCUT2D eigenvalue weighted by Crippen LogP contribution is -2.11. The molecular formula is C23H17ClFN3O. The Hall–Kier alpha value is -3.44.